The van der Waals surface area contributed by atoms with Crippen LogP contribution in [-0.4, -0.2) is 17.2 Å². The summed E-state index contributed by atoms with van der Waals surface area (Å²) in [6.45, 7) is 0. The third-order valence-corrected chi connectivity index (χ3v) is 3.28. The summed E-state index contributed by atoms with van der Waals surface area (Å²) in [7, 11) is 0. The van der Waals surface area contributed by atoms with Gasteiger partial charge in [0.1, 0.15) is 6.10 Å². The first-order valence-corrected chi connectivity index (χ1v) is 6.73. The molecule has 1 aromatic rings. The molecule has 96 valence electrons. The van der Waals surface area contributed by atoms with Crippen molar-refractivity contribution >= 4 is 23.3 Å². The van der Waals surface area contributed by atoms with E-state index in [1.165, 1.54) is 19.3 Å². The van der Waals surface area contributed by atoms with E-state index in [-0.39, 0.29) is 17.2 Å². The molecular weight excluding hydrogens is 246 g/mol. The lowest BCUT2D eigenvalue weighted by Gasteiger charge is -2.23. The molecule has 2 rings (SSSR count). The first kappa shape index (κ1) is 13.0. The van der Waals surface area contributed by atoms with Crippen molar-refractivity contribution in [3.63, 3.8) is 0 Å². The van der Waals surface area contributed by atoms with Gasteiger partial charge in [-0.1, -0.05) is 24.6 Å². The second-order valence-electron chi connectivity index (χ2n) is 4.49. The second-order valence-corrected chi connectivity index (χ2v) is 4.86. The first-order valence-electron chi connectivity index (χ1n) is 6.33. The fourth-order valence-electron chi connectivity index (χ4n) is 2.12. The van der Waals surface area contributed by atoms with Gasteiger partial charge in [-0.25, -0.2) is 0 Å². The van der Waals surface area contributed by atoms with Crippen molar-refractivity contribution in [3.05, 3.63) is 35.9 Å². The van der Waals surface area contributed by atoms with Crippen molar-refractivity contribution in [2.45, 2.75) is 38.2 Å². The van der Waals surface area contributed by atoms with Crippen LogP contribution >= 0.6 is 12.2 Å². The highest BCUT2D eigenvalue weighted by molar-refractivity contribution is 7.80. The molecule has 0 spiro atoms. The van der Waals surface area contributed by atoms with E-state index in [0.717, 1.165) is 12.8 Å². The van der Waals surface area contributed by atoms with Crippen LogP contribution in [0, 0.1) is 0 Å². The summed E-state index contributed by atoms with van der Waals surface area (Å²) in [5, 5.41) is 2.80. The Morgan fingerprint density at radius 3 is 2.50 bits per heavy atom. The van der Waals surface area contributed by atoms with Crippen molar-refractivity contribution in [1.82, 2.24) is 5.32 Å². The Morgan fingerprint density at radius 2 is 1.83 bits per heavy atom. The Labute approximate surface area is 113 Å². The zero-order valence-electron chi connectivity index (χ0n) is 10.2. The lowest BCUT2D eigenvalue weighted by Crippen LogP contribution is -2.34. The number of hydrogen-bond acceptors (Lipinski definition) is 3. The predicted molar refractivity (Wildman–Crippen MR) is 74.5 cm³/mol. The Balaban J connectivity index is 1.82. The molecule has 1 aliphatic carbocycles. The molecule has 0 unspecified atom stereocenters. The summed E-state index contributed by atoms with van der Waals surface area (Å²) >= 11 is 5.06. The van der Waals surface area contributed by atoms with Crippen LogP contribution in [-0.2, 0) is 4.74 Å². The first-order chi connectivity index (χ1) is 8.75. The third-order valence-electron chi connectivity index (χ3n) is 3.08. The summed E-state index contributed by atoms with van der Waals surface area (Å²) < 4.78 is 5.58. The van der Waals surface area contributed by atoms with E-state index in [4.69, 9.17) is 17.0 Å². The van der Waals surface area contributed by atoms with Crippen molar-refractivity contribution in [3.8, 4) is 0 Å². The van der Waals surface area contributed by atoms with E-state index in [2.05, 4.69) is 5.32 Å². The topological polar surface area (TPSA) is 38.3 Å². The molecule has 18 heavy (non-hydrogen) atoms. The maximum absolute atomic E-state index is 11.8. The minimum absolute atomic E-state index is 0.169. The van der Waals surface area contributed by atoms with E-state index in [0.29, 0.717) is 5.56 Å². The Morgan fingerprint density at radius 1 is 1.17 bits per heavy atom. The zero-order valence-corrected chi connectivity index (χ0v) is 11.0. The van der Waals surface area contributed by atoms with Crippen molar-refractivity contribution in [2.75, 3.05) is 0 Å². The van der Waals surface area contributed by atoms with Crippen LogP contribution in [0.4, 0.5) is 0 Å². The number of thiocarbonyl (C=S) groups is 1. The molecule has 1 saturated carbocycles. The van der Waals surface area contributed by atoms with Gasteiger partial charge >= 0.3 is 0 Å². The van der Waals surface area contributed by atoms with E-state index in [9.17, 15) is 4.79 Å². The SMILES string of the molecule is O=C(NC(=S)OC1CCCCC1)c1ccccc1. The molecule has 3 nitrogen and oxygen atoms in total. The fraction of sp³-hybridized carbons (Fsp3) is 0.429. The molecule has 4 heteroatoms. The predicted octanol–water partition coefficient (Wildman–Crippen LogP) is 3.05. The molecule has 0 radical (unpaired) electrons. The number of hydrogen-bond donors (Lipinski definition) is 1. The minimum Gasteiger partial charge on any atom is -0.467 e. The maximum Gasteiger partial charge on any atom is 0.263 e. The zero-order chi connectivity index (χ0) is 12.8. The Hall–Kier alpha value is -1.42. The molecule has 0 saturated heterocycles. The van der Waals surface area contributed by atoms with Gasteiger partial charge in [0.05, 0.1) is 0 Å². The summed E-state index contributed by atoms with van der Waals surface area (Å²) in [5.41, 5.74) is 0.590. The molecule has 0 aliphatic heterocycles. The largest absolute Gasteiger partial charge is 0.467 e. The number of carbonyl (C=O) groups is 1. The number of ether oxygens (including phenoxy) is 1. The van der Waals surface area contributed by atoms with Crippen LogP contribution < -0.4 is 5.32 Å². The van der Waals surface area contributed by atoms with Crippen LogP contribution in [0.5, 0.6) is 0 Å². The number of benzene rings is 1. The van der Waals surface area contributed by atoms with Gasteiger partial charge in [-0.3, -0.25) is 10.1 Å². The van der Waals surface area contributed by atoms with Crippen molar-refractivity contribution < 1.29 is 9.53 Å². The number of rotatable bonds is 2. The van der Waals surface area contributed by atoms with Gasteiger partial charge in [0, 0.05) is 5.56 Å². The van der Waals surface area contributed by atoms with Gasteiger partial charge < -0.3 is 4.74 Å². The van der Waals surface area contributed by atoms with Gasteiger partial charge in [0.2, 0.25) is 0 Å². The maximum atomic E-state index is 11.8. The lowest BCUT2D eigenvalue weighted by molar-refractivity contribution is 0.0945. The van der Waals surface area contributed by atoms with Crippen LogP contribution in [0.15, 0.2) is 30.3 Å². The van der Waals surface area contributed by atoms with Gasteiger partial charge in [0.25, 0.3) is 11.1 Å². The Kier molecular flexibility index (Phi) is 4.70. The Bertz CT molecular complexity index is 413. The molecule has 0 bridgehead atoms. The minimum atomic E-state index is -0.212. The highest BCUT2D eigenvalue weighted by Crippen LogP contribution is 2.20. The van der Waals surface area contributed by atoms with Crippen LogP contribution in [0.2, 0.25) is 0 Å². The standard InChI is InChI=1S/C14H17NO2S/c16-13(11-7-3-1-4-8-11)15-14(18)17-12-9-5-2-6-10-12/h1,3-4,7-8,12H,2,5-6,9-10H2,(H,15,16,18). The molecule has 1 N–H and O–H groups in total. The average molecular weight is 263 g/mol. The normalized spacial score (nSPS) is 16.0. The highest BCUT2D eigenvalue weighted by Gasteiger charge is 2.17. The smallest absolute Gasteiger partial charge is 0.263 e. The molecule has 0 aromatic heterocycles. The second kappa shape index (κ2) is 6.50. The van der Waals surface area contributed by atoms with E-state index in [1.54, 1.807) is 12.1 Å². The monoisotopic (exact) mass is 263 g/mol. The quantitative estimate of drug-likeness (QED) is 0.833. The van der Waals surface area contributed by atoms with E-state index in [1.807, 2.05) is 18.2 Å². The molecule has 1 aliphatic rings. The van der Waals surface area contributed by atoms with E-state index < -0.39 is 0 Å². The molecule has 0 heterocycles. The highest BCUT2D eigenvalue weighted by atomic mass is 32.1. The summed E-state index contributed by atoms with van der Waals surface area (Å²) in [5.74, 6) is -0.212. The number of amides is 1. The summed E-state index contributed by atoms with van der Waals surface area (Å²) in [6.07, 6.45) is 5.85. The van der Waals surface area contributed by atoms with Crippen LogP contribution in [0.1, 0.15) is 42.5 Å². The van der Waals surface area contributed by atoms with Crippen molar-refractivity contribution in [2.24, 2.45) is 0 Å². The average Bonchev–Trinajstić information content (AvgIpc) is 2.40. The van der Waals surface area contributed by atoms with Gasteiger partial charge in [-0.05, 0) is 50.0 Å². The lowest BCUT2D eigenvalue weighted by atomic mass is 9.98. The third kappa shape index (κ3) is 3.81. The summed E-state index contributed by atoms with van der Waals surface area (Å²) in [6, 6.07) is 9.00. The fourth-order valence-corrected chi connectivity index (χ4v) is 2.35. The van der Waals surface area contributed by atoms with Gasteiger partial charge in [-0.15, -0.1) is 0 Å². The molecular formula is C14H17NO2S. The molecule has 1 fully saturated rings. The summed E-state index contributed by atoms with van der Waals surface area (Å²) in [4.78, 5) is 11.8. The van der Waals surface area contributed by atoms with Gasteiger partial charge in [0.15, 0.2) is 0 Å². The molecule has 1 aromatic carbocycles. The van der Waals surface area contributed by atoms with Crippen LogP contribution in [0.3, 0.4) is 0 Å². The van der Waals surface area contributed by atoms with E-state index >= 15 is 0 Å². The molecule has 0 atom stereocenters. The van der Waals surface area contributed by atoms with Gasteiger partial charge in [-0.2, -0.15) is 0 Å². The van der Waals surface area contributed by atoms with Crippen molar-refractivity contribution in [1.29, 1.82) is 0 Å². The van der Waals surface area contributed by atoms with Crippen LogP contribution in [0.25, 0.3) is 0 Å². The number of carbonyl (C=O) groups excluding carboxylic acids is 1. The number of nitrogens with one attached hydrogen (secondary N) is 1. The molecule has 1 amide bonds.